The lowest BCUT2D eigenvalue weighted by Crippen LogP contribution is -2.42. The zero-order chi connectivity index (χ0) is 13.2. The van der Waals surface area contributed by atoms with Crippen LogP contribution in [0.15, 0.2) is 18.2 Å². The van der Waals surface area contributed by atoms with Crippen LogP contribution in [0.4, 0.5) is 4.39 Å². The van der Waals surface area contributed by atoms with E-state index in [0.29, 0.717) is 5.56 Å². The Morgan fingerprint density at radius 2 is 2.00 bits per heavy atom. The van der Waals surface area contributed by atoms with E-state index in [1.54, 1.807) is 0 Å². The maximum Gasteiger partial charge on any atom is 0.123 e. The van der Waals surface area contributed by atoms with Gasteiger partial charge in [-0.1, -0.05) is 6.92 Å². The molecule has 0 aliphatic heterocycles. The summed E-state index contributed by atoms with van der Waals surface area (Å²) in [5.74, 6) is -0.162. The zero-order valence-electron chi connectivity index (χ0n) is 11.3. The lowest BCUT2D eigenvalue weighted by molar-refractivity contribution is 0.104. The van der Waals surface area contributed by atoms with Crippen LogP contribution >= 0.6 is 0 Å². The van der Waals surface area contributed by atoms with E-state index in [4.69, 9.17) is 0 Å². The fourth-order valence-corrected chi connectivity index (χ4v) is 1.84. The third kappa shape index (κ3) is 2.97. The van der Waals surface area contributed by atoms with Crippen molar-refractivity contribution in [1.82, 2.24) is 4.90 Å². The Kier molecular flexibility index (Phi) is 4.15. The van der Waals surface area contributed by atoms with Gasteiger partial charge in [-0.25, -0.2) is 4.39 Å². The maximum absolute atomic E-state index is 13.2. The van der Waals surface area contributed by atoms with Crippen molar-refractivity contribution in [2.75, 3.05) is 7.05 Å². The minimum atomic E-state index is -0.313. The van der Waals surface area contributed by atoms with Crippen molar-refractivity contribution >= 4 is 0 Å². The van der Waals surface area contributed by atoms with Crippen molar-refractivity contribution in [1.29, 1.82) is 0 Å². The number of benzene rings is 1. The predicted molar refractivity (Wildman–Crippen MR) is 68.6 cm³/mol. The van der Waals surface area contributed by atoms with Crippen LogP contribution in [0.25, 0.3) is 0 Å². The topological polar surface area (TPSA) is 23.5 Å². The highest BCUT2D eigenvalue weighted by Crippen LogP contribution is 2.33. The number of hydrogen-bond donors (Lipinski definition) is 1. The summed E-state index contributed by atoms with van der Waals surface area (Å²) in [6.07, 6.45) is 0.990. The fraction of sp³-hybridized carbons (Fsp3) is 0.571. The highest BCUT2D eigenvalue weighted by Gasteiger charge is 2.27. The van der Waals surface area contributed by atoms with Crippen LogP contribution in [0.1, 0.15) is 45.7 Å². The normalized spacial score (nSPS) is 14.1. The first-order valence-corrected chi connectivity index (χ1v) is 6.01. The smallest absolute Gasteiger partial charge is 0.123 e. The van der Waals surface area contributed by atoms with E-state index in [1.807, 2.05) is 14.0 Å². The van der Waals surface area contributed by atoms with Gasteiger partial charge in [0.1, 0.15) is 11.6 Å². The van der Waals surface area contributed by atoms with Crippen LogP contribution in [0.2, 0.25) is 0 Å². The minimum Gasteiger partial charge on any atom is -0.508 e. The molecule has 0 aliphatic rings. The van der Waals surface area contributed by atoms with E-state index in [2.05, 4.69) is 25.7 Å². The Bertz CT molecular complexity index is 390. The number of aromatic hydroxyl groups is 1. The van der Waals surface area contributed by atoms with Crippen LogP contribution in [0.3, 0.4) is 0 Å². The molecule has 2 nitrogen and oxygen atoms in total. The van der Waals surface area contributed by atoms with E-state index in [9.17, 15) is 9.50 Å². The van der Waals surface area contributed by atoms with Gasteiger partial charge in [0.15, 0.2) is 0 Å². The number of halogens is 1. The summed E-state index contributed by atoms with van der Waals surface area (Å²) in [4.78, 5) is 2.15. The Hall–Kier alpha value is -1.09. The molecule has 0 aliphatic carbocycles. The van der Waals surface area contributed by atoms with Gasteiger partial charge in [-0.15, -0.1) is 0 Å². The molecule has 0 saturated heterocycles. The highest BCUT2D eigenvalue weighted by atomic mass is 19.1. The summed E-state index contributed by atoms with van der Waals surface area (Å²) in [6, 6.07) is 4.06. The molecular formula is C14H22FNO. The first-order valence-electron chi connectivity index (χ1n) is 6.01. The first-order chi connectivity index (χ1) is 7.79. The van der Waals surface area contributed by atoms with Gasteiger partial charge in [0.2, 0.25) is 0 Å². The molecule has 1 unspecified atom stereocenters. The number of rotatable bonds is 4. The summed E-state index contributed by atoms with van der Waals surface area (Å²) in [5.41, 5.74) is 0.645. The minimum absolute atomic E-state index is 0.0121. The third-order valence-electron chi connectivity index (χ3n) is 3.84. The van der Waals surface area contributed by atoms with Gasteiger partial charge in [-0.05, 0) is 52.4 Å². The van der Waals surface area contributed by atoms with E-state index in [1.165, 1.54) is 18.2 Å². The maximum atomic E-state index is 13.2. The Morgan fingerprint density at radius 1 is 1.41 bits per heavy atom. The number of hydrogen-bond acceptors (Lipinski definition) is 2. The van der Waals surface area contributed by atoms with Gasteiger partial charge in [0, 0.05) is 17.1 Å². The molecular weight excluding hydrogens is 217 g/mol. The summed E-state index contributed by atoms with van der Waals surface area (Å²) in [7, 11) is 2.00. The van der Waals surface area contributed by atoms with Crippen LogP contribution < -0.4 is 0 Å². The van der Waals surface area contributed by atoms with Crippen molar-refractivity contribution < 1.29 is 9.50 Å². The summed E-state index contributed by atoms with van der Waals surface area (Å²) in [5, 5.41) is 9.80. The third-order valence-corrected chi connectivity index (χ3v) is 3.84. The van der Waals surface area contributed by atoms with E-state index < -0.39 is 0 Å². The molecule has 1 rings (SSSR count). The van der Waals surface area contributed by atoms with E-state index >= 15 is 0 Å². The second-order valence-corrected chi connectivity index (χ2v) is 5.16. The highest BCUT2D eigenvalue weighted by molar-refractivity contribution is 5.35. The van der Waals surface area contributed by atoms with Gasteiger partial charge < -0.3 is 5.11 Å². The molecule has 0 fully saturated rings. The second-order valence-electron chi connectivity index (χ2n) is 5.16. The molecule has 1 atom stereocenters. The van der Waals surface area contributed by atoms with Gasteiger partial charge in [-0.3, -0.25) is 4.90 Å². The fourth-order valence-electron chi connectivity index (χ4n) is 1.84. The molecule has 0 amide bonds. The number of phenols is 1. The average molecular weight is 239 g/mol. The van der Waals surface area contributed by atoms with Gasteiger partial charge in [0.25, 0.3) is 0 Å². The number of phenolic OH excluding ortho intramolecular Hbond substituents is 1. The summed E-state index contributed by atoms with van der Waals surface area (Å²) < 4.78 is 13.2. The molecule has 0 heterocycles. The van der Waals surface area contributed by atoms with Crippen molar-refractivity contribution in [2.45, 2.75) is 45.7 Å². The van der Waals surface area contributed by atoms with Crippen LogP contribution in [0.5, 0.6) is 5.75 Å². The van der Waals surface area contributed by atoms with Crippen LogP contribution in [-0.4, -0.2) is 22.6 Å². The van der Waals surface area contributed by atoms with Gasteiger partial charge in [0.05, 0.1) is 0 Å². The lowest BCUT2D eigenvalue weighted by Gasteiger charge is -2.39. The molecule has 1 N–H and O–H groups in total. The molecule has 0 radical (unpaired) electrons. The molecule has 0 bridgehead atoms. The quantitative estimate of drug-likeness (QED) is 0.865. The molecule has 17 heavy (non-hydrogen) atoms. The largest absolute Gasteiger partial charge is 0.508 e. The van der Waals surface area contributed by atoms with Crippen molar-refractivity contribution in [2.24, 2.45) is 0 Å². The molecule has 1 aromatic rings. The molecule has 1 aromatic carbocycles. The first kappa shape index (κ1) is 14.0. The Morgan fingerprint density at radius 3 is 2.53 bits per heavy atom. The van der Waals surface area contributed by atoms with Gasteiger partial charge >= 0.3 is 0 Å². The van der Waals surface area contributed by atoms with Crippen molar-refractivity contribution in [3.05, 3.63) is 29.6 Å². The van der Waals surface area contributed by atoms with Crippen molar-refractivity contribution in [3.63, 3.8) is 0 Å². The standard InChI is InChI=1S/C14H22FNO/c1-6-14(3,4)16(5)10(2)12-9-11(15)7-8-13(12)17/h7-10,17H,6H2,1-5H3. The molecule has 0 spiro atoms. The Balaban J connectivity index is 3.04. The van der Waals surface area contributed by atoms with E-state index in [0.717, 1.165) is 6.42 Å². The van der Waals surface area contributed by atoms with E-state index in [-0.39, 0.29) is 23.1 Å². The van der Waals surface area contributed by atoms with Gasteiger partial charge in [-0.2, -0.15) is 0 Å². The monoisotopic (exact) mass is 239 g/mol. The summed E-state index contributed by atoms with van der Waals surface area (Å²) >= 11 is 0. The van der Waals surface area contributed by atoms with Crippen LogP contribution in [-0.2, 0) is 0 Å². The van der Waals surface area contributed by atoms with Crippen LogP contribution in [0, 0.1) is 5.82 Å². The summed E-state index contributed by atoms with van der Waals surface area (Å²) in [6.45, 7) is 8.38. The molecule has 96 valence electrons. The molecule has 0 aromatic heterocycles. The average Bonchev–Trinajstić information content (AvgIpc) is 2.30. The Labute approximate surface area is 103 Å². The van der Waals surface area contributed by atoms with Crippen molar-refractivity contribution in [3.8, 4) is 5.75 Å². The number of nitrogens with zero attached hydrogens (tertiary/aromatic N) is 1. The predicted octanol–water partition coefficient (Wildman–Crippen LogP) is 3.71. The molecule has 0 saturated carbocycles. The lowest BCUT2D eigenvalue weighted by atomic mass is 9.95. The molecule has 3 heteroatoms. The SMILES string of the molecule is CCC(C)(C)N(C)C(C)c1cc(F)ccc1O. The second kappa shape index (κ2) is 5.05. The zero-order valence-corrected chi connectivity index (χ0v) is 11.3.